The predicted octanol–water partition coefficient (Wildman–Crippen LogP) is 3.70. The normalized spacial score (nSPS) is 11.2. The third kappa shape index (κ3) is 4.81. The van der Waals surface area contributed by atoms with Crippen LogP contribution in [0.1, 0.15) is 15.9 Å². The summed E-state index contributed by atoms with van der Waals surface area (Å²) in [6, 6.07) is 15.7. The minimum Gasteiger partial charge on any atom is -0.495 e. The Bertz CT molecular complexity index is 1150. The zero-order valence-electron chi connectivity index (χ0n) is 15.9. The minimum absolute atomic E-state index is 0.0178. The average Bonchev–Trinajstić information content (AvgIpc) is 2.75. The summed E-state index contributed by atoms with van der Waals surface area (Å²) < 4.78 is 60.7. The van der Waals surface area contributed by atoms with Gasteiger partial charge in [0.25, 0.3) is 5.91 Å². The largest absolute Gasteiger partial charge is 0.495 e. The van der Waals surface area contributed by atoms with Crippen LogP contribution in [0.3, 0.4) is 0 Å². The standard InChI is InChI=1S/C21H18F2N2O4S/c1-29-18-11-10-15(21(26)25-20-16(22)8-5-9-17(20)23)12-19(18)30(27,28)24-13-14-6-3-2-4-7-14/h2-12,24H,13H2,1H3,(H,25,26). The summed E-state index contributed by atoms with van der Waals surface area (Å²) >= 11 is 0. The maximum atomic E-state index is 13.8. The lowest BCUT2D eigenvalue weighted by Crippen LogP contribution is -2.24. The van der Waals surface area contributed by atoms with Gasteiger partial charge in [-0.15, -0.1) is 0 Å². The lowest BCUT2D eigenvalue weighted by atomic mass is 10.2. The summed E-state index contributed by atoms with van der Waals surface area (Å²) in [5.74, 6) is -2.76. The molecule has 3 rings (SSSR count). The van der Waals surface area contributed by atoms with E-state index in [1.807, 2.05) is 6.07 Å². The van der Waals surface area contributed by atoms with Crippen molar-refractivity contribution in [2.45, 2.75) is 11.4 Å². The van der Waals surface area contributed by atoms with Crippen molar-refractivity contribution >= 4 is 21.6 Å². The zero-order valence-corrected chi connectivity index (χ0v) is 16.7. The van der Waals surface area contributed by atoms with E-state index in [4.69, 9.17) is 4.74 Å². The highest BCUT2D eigenvalue weighted by molar-refractivity contribution is 7.89. The smallest absolute Gasteiger partial charge is 0.255 e. The fraction of sp³-hybridized carbons (Fsp3) is 0.0952. The Hall–Kier alpha value is -3.30. The Morgan fingerprint density at radius 3 is 2.27 bits per heavy atom. The second kappa shape index (κ2) is 9.02. The van der Waals surface area contributed by atoms with Gasteiger partial charge in [0.2, 0.25) is 10.0 Å². The van der Waals surface area contributed by atoms with Gasteiger partial charge in [-0.3, -0.25) is 4.79 Å². The van der Waals surface area contributed by atoms with Crippen LogP contribution in [-0.2, 0) is 16.6 Å². The molecule has 0 saturated heterocycles. The van der Waals surface area contributed by atoms with Crippen LogP contribution < -0.4 is 14.8 Å². The number of ether oxygens (including phenoxy) is 1. The number of methoxy groups -OCH3 is 1. The van der Waals surface area contributed by atoms with Crippen molar-refractivity contribution < 1.29 is 26.7 Å². The highest BCUT2D eigenvalue weighted by Crippen LogP contribution is 2.26. The number of nitrogens with one attached hydrogen (secondary N) is 2. The van der Waals surface area contributed by atoms with Crippen molar-refractivity contribution in [3.05, 3.63) is 89.5 Å². The molecule has 0 aromatic heterocycles. The number of para-hydroxylation sites is 1. The number of hydrogen-bond donors (Lipinski definition) is 2. The molecule has 0 spiro atoms. The van der Waals surface area contributed by atoms with Crippen LogP contribution in [0, 0.1) is 11.6 Å². The van der Waals surface area contributed by atoms with Crippen molar-refractivity contribution in [2.24, 2.45) is 0 Å². The minimum atomic E-state index is -4.05. The third-order valence-electron chi connectivity index (χ3n) is 4.23. The highest BCUT2D eigenvalue weighted by Gasteiger charge is 2.22. The molecule has 0 aliphatic carbocycles. The lowest BCUT2D eigenvalue weighted by Gasteiger charge is -2.13. The molecular weight excluding hydrogens is 414 g/mol. The molecule has 0 radical (unpaired) electrons. The number of halogens is 2. The zero-order chi connectivity index (χ0) is 21.7. The molecular formula is C21H18F2N2O4S. The first-order valence-electron chi connectivity index (χ1n) is 8.79. The van der Waals surface area contributed by atoms with E-state index in [1.165, 1.54) is 19.2 Å². The average molecular weight is 432 g/mol. The van der Waals surface area contributed by atoms with E-state index in [-0.39, 0.29) is 22.8 Å². The Morgan fingerprint density at radius 2 is 1.63 bits per heavy atom. The van der Waals surface area contributed by atoms with Crippen molar-refractivity contribution in [2.75, 3.05) is 12.4 Å². The number of sulfonamides is 1. The Morgan fingerprint density at radius 1 is 0.967 bits per heavy atom. The summed E-state index contributed by atoms with van der Waals surface area (Å²) in [4.78, 5) is 12.2. The van der Waals surface area contributed by atoms with E-state index in [0.717, 1.165) is 29.8 Å². The molecule has 0 fully saturated rings. The fourth-order valence-corrected chi connectivity index (χ4v) is 3.89. The number of amides is 1. The van der Waals surface area contributed by atoms with E-state index in [9.17, 15) is 22.0 Å². The second-order valence-electron chi connectivity index (χ2n) is 6.23. The second-order valence-corrected chi connectivity index (χ2v) is 7.96. The molecule has 3 aromatic rings. The molecule has 0 aliphatic rings. The van der Waals surface area contributed by atoms with Crippen molar-refractivity contribution in [3.63, 3.8) is 0 Å². The molecule has 2 N–H and O–H groups in total. The Kier molecular flexibility index (Phi) is 6.43. The van der Waals surface area contributed by atoms with E-state index in [0.29, 0.717) is 0 Å². The molecule has 156 valence electrons. The Labute approximate surface area is 172 Å². The van der Waals surface area contributed by atoms with Gasteiger partial charge in [0.05, 0.1) is 7.11 Å². The van der Waals surface area contributed by atoms with Gasteiger partial charge in [-0.05, 0) is 35.9 Å². The number of hydrogen-bond acceptors (Lipinski definition) is 4. The first-order chi connectivity index (χ1) is 14.3. The van der Waals surface area contributed by atoms with Crippen LogP contribution in [0.5, 0.6) is 5.75 Å². The quantitative estimate of drug-likeness (QED) is 0.596. The first-order valence-corrected chi connectivity index (χ1v) is 10.3. The van der Waals surface area contributed by atoms with Crippen LogP contribution in [-0.4, -0.2) is 21.4 Å². The van der Waals surface area contributed by atoms with E-state index in [2.05, 4.69) is 10.0 Å². The van der Waals surface area contributed by atoms with Gasteiger partial charge in [0, 0.05) is 12.1 Å². The molecule has 0 saturated carbocycles. The number of anilines is 1. The molecule has 1 amide bonds. The molecule has 3 aromatic carbocycles. The number of benzene rings is 3. The summed E-state index contributed by atoms with van der Waals surface area (Å²) in [6.45, 7) is 0.0309. The van der Waals surface area contributed by atoms with Crippen molar-refractivity contribution in [1.82, 2.24) is 4.72 Å². The van der Waals surface area contributed by atoms with Gasteiger partial charge in [-0.1, -0.05) is 36.4 Å². The predicted molar refractivity (Wildman–Crippen MR) is 108 cm³/mol. The van der Waals surface area contributed by atoms with E-state index in [1.54, 1.807) is 24.3 Å². The highest BCUT2D eigenvalue weighted by atomic mass is 32.2. The summed E-state index contributed by atoms with van der Waals surface area (Å²) in [7, 11) is -2.76. The van der Waals surface area contributed by atoms with Crippen LogP contribution in [0.4, 0.5) is 14.5 Å². The third-order valence-corrected chi connectivity index (χ3v) is 5.65. The number of rotatable bonds is 7. The van der Waals surface area contributed by atoms with Crippen LogP contribution in [0.25, 0.3) is 0 Å². The molecule has 30 heavy (non-hydrogen) atoms. The van der Waals surface area contributed by atoms with Crippen molar-refractivity contribution in [1.29, 1.82) is 0 Å². The van der Waals surface area contributed by atoms with Gasteiger partial charge in [-0.2, -0.15) is 0 Å². The van der Waals surface area contributed by atoms with Crippen LogP contribution >= 0.6 is 0 Å². The van der Waals surface area contributed by atoms with Gasteiger partial charge in [-0.25, -0.2) is 21.9 Å². The molecule has 0 bridgehead atoms. The van der Waals surface area contributed by atoms with Gasteiger partial charge in [0.1, 0.15) is 28.0 Å². The summed E-state index contributed by atoms with van der Waals surface area (Å²) in [5, 5.41) is 2.12. The maximum absolute atomic E-state index is 13.8. The van der Waals surface area contributed by atoms with E-state index < -0.39 is 33.3 Å². The molecule has 0 heterocycles. The van der Waals surface area contributed by atoms with Crippen molar-refractivity contribution in [3.8, 4) is 5.75 Å². The lowest BCUT2D eigenvalue weighted by molar-refractivity contribution is 0.102. The topological polar surface area (TPSA) is 84.5 Å². The Balaban J connectivity index is 1.88. The number of carbonyl (C=O) groups excluding carboxylic acids is 1. The first kappa shape index (κ1) is 21.4. The molecule has 0 aliphatic heterocycles. The van der Waals surface area contributed by atoms with E-state index >= 15 is 0 Å². The molecule has 0 atom stereocenters. The summed E-state index contributed by atoms with van der Waals surface area (Å²) in [6.07, 6.45) is 0. The number of carbonyl (C=O) groups is 1. The fourth-order valence-electron chi connectivity index (χ4n) is 2.68. The van der Waals surface area contributed by atoms with Crippen LogP contribution in [0.2, 0.25) is 0 Å². The van der Waals surface area contributed by atoms with Gasteiger partial charge >= 0.3 is 0 Å². The molecule has 0 unspecified atom stereocenters. The maximum Gasteiger partial charge on any atom is 0.255 e. The SMILES string of the molecule is COc1ccc(C(=O)Nc2c(F)cccc2F)cc1S(=O)(=O)NCc1ccccc1. The molecule has 9 heteroatoms. The summed E-state index contributed by atoms with van der Waals surface area (Å²) in [5.41, 5.74) is 0.00688. The monoisotopic (exact) mass is 432 g/mol. The van der Waals surface area contributed by atoms with Gasteiger partial charge < -0.3 is 10.1 Å². The van der Waals surface area contributed by atoms with Crippen LogP contribution in [0.15, 0.2) is 71.6 Å². The molecule has 6 nitrogen and oxygen atoms in total. The van der Waals surface area contributed by atoms with Gasteiger partial charge in [0.15, 0.2) is 0 Å².